The molecule has 1 N–H and O–H groups in total. The summed E-state index contributed by atoms with van der Waals surface area (Å²) in [7, 11) is 4.06. The number of anilines is 2. The zero-order valence-corrected chi connectivity index (χ0v) is 18.8. The summed E-state index contributed by atoms with van der Waals surface area (Å²) in [5.74, 6) is 1.65. The quantitative estimate of drug-likeness (QED) is 0.653. The molecule has 0 radical (unpaired) electrons. The van der Waals surface area contributed by atoms with Crippen LogP contribution >= 0.6 is 0 Å². The molecule has 0 atom stereocenters. The lowest BCUT2D eigenvalue weighted by atomic mass is 9.79. The molecule has 0 aromatic heterocycles. The molecule has 166 valence electrons. The Morgan fingerprint density at radius 1 is 1.20 bits per heavy atom. The number of nitrogens with zero attached hydrogens (tertiary/aromatic N) is 2. The Labute approximate surface area is 180 Å². The number of hydrogen-bond donors (Lipinski definition) is 1. The van der Waals surface area contributed by atoms with E-state index in [1.807, 2.05) is 32.3 Å². The lowest BCUT2D eigenvalue weighted by Crippen LogP contribution is -2.40. The molecular weight excluding hydrogens is 378 g/mol. The third kappa shape index (κ3) is 5.97. The smallest absolute Gasteiger partial charge is 0.265 e. The van der Waals surface area contributed by atoms with Crippen molar-refractivity contribution in [1.29, 1.82) is 0 Å². The van der Waals surface area contributed by atoms with Crippen LogP contribution in [-0.4, -0.2) is 50.5 Å². The summed E-state index contributed by atoms with van der Waals surface area (Å²) < 4.78 is 5.60. The first-order valence-corrected chi connectivity index (χ1v) is 11.5. The zero-order chi connectivity index (χ0) is 21.5. The monoisotopic (exact) mass is 415 g/mol. The largest absolute Gasteiger partial charge is 0.482 e. The average molecular weight is 416 g/mol. The molecule has 2 aliphatic rings. The number of hydrogen-bond acceptors (Lipinski definition) is 4. The highest BCUT2D eigenvalue weighted by Gasteiger charge is 2.28. The van der Waals surface area contributed by atoms with Crippen molar-refractivity contribution in [3.05, 3.63) is 18.2 Å². The molecule has 0 unspecified atom stereocenters. The first-order chi connectivity index (χ1) is 14.5. The Hall–Kier alpha value is -2.08. The van der Waals surface area contributed by atoms with Gasteiger partial charge >= 0.3 is 0 Å². The lowest BCUT2D eigenvalue weighted by molar-refractivity contribution is -0.121. The molecule has 1 aromatic carbocycles. The highest BCUT2D eigenvalue weighted by molar-refractivity contribution is 5.99. The second-order valence-corrected chi connectivity index (χ2v) is 9.02. The molecule has 0 saturated heterocycles. The topological polar surface area (TPSA) is 61.9 Å². The van der Waals surface area contributed by atoms with Crippen molar-refractivity contribution in [2.24, 2.45) is 11.8 Å². The van der Waals surface area contributed by atoms with Crippen molar-refractivity contribution in [2.45, 2.75) is 58.3 Å². The molecular formula is C24H37N3O3. The van der Waals surface area contributed by atoms with Crippen LogP contribution in [0.15, 0.2) is 18.2 Å². The molecule has 1 heterocycles. The summed E-state index contributed by atoms with van der Waals surface area (Å²) in [4.78, 5) is 29.1. The molecule has 1 fully saturated rings. The molecule has 1 saturated carbocycles. The number of fused-ring (bicyclic) bond motifs is 1. The van der Waals surface area contributed by atoms with Crippen LogP contribution in [0.5, 0.6) is 5.75 Å². The number of ether oxygens (including phenoxy) is 1. The fourth-order valence-electron chi connectivity index (χ4n) is 4.52. The molecule has 6 nitrogen and oxygen atoms in total. The standard InChI is InChI=1S/C24H37N3O3/c1-4-5-7-18-8-10-19(11-9-18)24(29)25-20-12-13-22-21(16-20)27(23(28)17-30-22)15-6-14-26(2)3/h12-13,16,18-19H,4-11,14-15,17H2,1-3H3,(H,25,29). The van der Waals surface area contributed by atoms with E-state index in [1.165, 1.54) is 19.3 Å². The number of benzene rings is 1. The number of carbonyl (C=O) groups excluding carboxylic acids is 2. The Kier molecular flexibility index (Phi) is 8.14. The second-order valence-electron chi connectivity index (χ2n) is 9.02. The van der Waals surface area contributed by atoms with Crippen LogP contribution in [0.1, 0.15) is 58.3 Å². The normalized spacial score (nSPS) is 21.3. The SMILES string of the molecule is CCCCC1CCC(C(=O)Nc2ccc3c(c2)N(CCCN(C)C)C(=O)CO3)CC1. The van der Waals surface area contributed by atoms with Crippen molar-refractivity contribution in [2.75, 3.05) is 44.0 Å². The van der Waals surface area contributed by atoms with Gasteiger partial charge in [0.2, 0.25) is 5.91 Å². The van der Waals surface area contributed by atoms with Crippen LogP contribution in [0.25, 0.3) is 0 Å². The van der Waals surface area contributed by atoms with Gasteiger partial charge in [-0.1, -0.05) is 26.2 Å². The molecule has 6 heteroatoms. The van der Waals surface area contributed by atoms with Crippen LogP contribution in [-0.2, 0) is 9.59 Å². The summed E-state index contributed by atoms with van der Waals surface area (Å²) in [5.41, 5.74) is 1.49. The Morgan fingerprint density at radius 2 is 1.97 bits per heavy atom. The van der Waals surface area contributed by atoms with E-state index in [9.17, 15) is 9.59 Å². The maximum absolute atomic E-state index is 12.8. The van der Waals surface area contributed by atoms with E-state index in [1.54, 1.807) is 4.90 Å². The lowest BCUT2D eigenvalue weighted by Gasteiger charge is -2.30. The fourth-order valence-corrected chi connectivity index (χ4v) is 4.52. The Balaban J connectivity index is 1.60. The molecule has 1 aliphatic carbocycles. The first kappa shape index (κ1) is 22.6. The van der Waals surface area contributed by atoms with E-state index < -0.39 is 0 Å². The van der Waals surface area contributed by atoms with Gasteiger partial charge in [-0.25, -0.2) is 0 Å². The first-order valence-electron chi connectivity index (χ1n) is 11.5. The Bertz CT molecular complexity index is 726. The molecule has 3 rings (SSSR count). The van der Waals surface area contributed by atoms with Gasteiger partial charge in [-0.2, -0.15) is 0 Å². The van der Waals surface area contributed by atoms with Gasteiger partial charge in [-0.3, -0.25) is 9.59 Å². The van der Waals surface area contributed by atoms with E-state index in [0.29, 0.717) is 12.3 Å². The van der Waals surface area contributed by atoms with Crippen molar-refractivity contribution in [3.63, 3.8) is 0 Å². The number of nitrogens with one attached hydrogen (secondary N) is 1. The summed E-state index contributed by atoms with van der Waals surface area (Å²) in [6.45, 7) is 3.87. The van der Waals surface area contributed by atoms with Crippen LogP contribution in [0.3, 0.4) is 0 Å². The number of carbonyl (C=O) groups is 2. The van der Waals surface area contributed by atoms with E-state index in [2.05, 4.69) is 17.1 Å². The average Bonchev–Trinajstić information content (AvgIpc) is 2.74. The van der Waals surface area contributed by atoms with Crippen molar-refractivity contribution < 1.29 is 14.3 Å². The van der Waals surface area contributed by atoms with Crippen molar-refractivity contribution in [3.8, 4) is 5.75 Å². The van der Waals surface area contributed by atoms with Crippen molar-refractivity contribution in [1.82, 2.24) is 4.90 Å². The van der Waals surface area contributed by atoms with Crippen LogP contribution in [0.4, 0.5) is 11.4 Å². The predicted octanol–water partition coefficient (Wildman–Crippen LogP) is 4.30. The van der Waals surface area contributed by atoms with Gasteiger partial charge in [-0.15, -0.1) is 0 Å². The summed E-state index contributed by atoms with van der Waals surface area (Å²) in [6, 6.07) is 5.61. The van der Waals surface area contributed by atoms with Gasteiger partial charge in [0.25, 0.3) is 5.91 Å². The molecule has 0 spiro atoms. The number of rotatable bonds is 9. The predicted molar refractivity (Wildman–Crippen MR) is 121 cm³/mol. The van der Waals surface area contributed by atoms with Crippen LogP contribution in [0.2, 0.25) is 0 Å². The zero-order valence-electron chi connectivity index (χ0n) is 18.8. The van der Waals surface area contributed by atoms with Crippen LogP contribution in [0, 0.1) is 11.8 Å². The van der Waals surface area contributed by atoms with E-state index in [-0.39, 0.29) is 24.3 Å². The van der Waals surface area contributed by atoms with E-state index in [0.717, 1.165) is 55.9 Å². The molecule has 2 amide bonds. The second kappa shape index (κ2) is 10.8. The summed E-state index contributed by atoms with van der Waals surface area (Å²) >= 11 is 0. The van der Waals surface area contributed by atoms with Gasteiger partial charge in [0, 0.05) is 18.2 Å². The Morgan fingerprint density at radius 3 is 2.67 bits per heavy atom. The van der Waals surface area contributed by atoms with E-state index >= 15 is 0 Å². The molecule has 30 heavy (non-hydrogen) atoms. The number of amides is 2. The highest BCUT2D eigenvalue weighted by Crippen LogP contribution is 2.36. The van der Waals surface area contributed by atoms with Gasteiger partial charge in [0.1, 0.15) is 5.75 Å². The van der Waals surface area contributed by atoms with Gasteiger partial charge < -0.3 is 19.9 Å². The van der Waals surface area contributed by atoms with Gasteiger partial charge in [0.15, 0.2) is 6.61 Å². The third-order valence-corrected chi connectivity index (χ3v) is 6.34. The third-order valence-electron chi connectivity index (χ3n) is 6.34. The molecule has 0 bridgehead atoms. The number of unbranched alkanes of at least 4 members (excludes halogenated alkanes) is 1. The minimum Gasteiger partial charge on any atom is -0.482 e. The minimum absolute atomic E-state index is 0.0323. The summed E-state index contributed by atoms with van der Waals surface area (Å²) in [6.07, 6.45) is 8.99. The van der Waals surface area contributed by atoms with Crippen molar-refractivity contribution >= 4 is 23.2 Å². The molecule has 1 aromatic rings. The minimum atomic E-state index is -0.0323. The van der Waals surface area contributed by atoms with Gasteiger partial charge in [-0.05, 0) is 76.9 Å². The summed E-state index contributed by atoms with van der Waals surface area (Å²) in [5, 5.41) is 3.09. The molecule has 1 aliphatic heterocycles. The maximum Gasteiger partial charge on any atom is 0.265 e. The highest BCUT2D eigenvalue weighted by atomic mass is 16.5. The van der Waals surface area contributed by atoms with Crippen LogP contribution < -0.4 is 15.0 Å². The van der Waals surface area contributed by atoms with Gasteiger partial charge in [0.05, 0.1) is 5.69 Å². The maximum atomic E-state index is 12.8. The fraction of sp³-hybridized carbons (Fsp3) is 0.667. The van der Waals surface area contributed by atoms with E-state index in [4.69, 9.17) is 4.74 Å².